The lowest BCUT2D eigenvalue weighted by Gasteiger charge is -2.12. The minimum Gasteiger partial charge on any atom is -0.493 e. The molecule has 0 saturated heterocycles. The van der Waals surface area contributed by atoms with Crippen LogP contribution in [0.3, 0.4) is 0 Å². The Labute approximate surface area is 160 Å². The summed E-state index contributed by atoms with van der Waals surface area (Å²) in [7, 11) is 2.73. The highest BCUT2D eigenvalue weighted by atomic mass is 35.5. The van der Waals surface area contributed by atoms with Crippen LogP contribution in [0.4, 0.5) is 0 Å². The summed E-state index contributed by atoms with van der Waals surface area (Å²) in [6.07, 6.45) is 1.20. The maximum absolute atomic E-state index is 11.8. The fraction of sp³-hybridized carbons (Fsp3) is 0.167. The van der Waals surface area contributed by atoms with E-state index >= 15 is 0 Å². The molecule has 2 aromatic rings. The topological polar surface area (TPSA) is 106 Å². The number of hydrazone groups is 1. The summed E-state index contributed by atoms with van der Waals surface area (Å²) in [6.45, 7) is -0.282. The van der Waals surface area contributed by atoms with Gasteiger partial charge in [0.25, 0.3) is 5.91 Å². The number of benzene rings is 2. The number of rotatable bonds is 8. The molecule has 0 heterocycles. The Hall–Kier alpha value is -3.26. The van der Waals surface area contributed by atoms with E-state index in [4.69, 9.17) is 25.8 Å². The van der Waals surface area contributed by atoms with Crippen molar-refractivity contribution in [1.29, 1.82) is 0 Å². The first kappa shape index (κ1) is 20.1. The molecule has 2 aromatic carbocycles. The van der Waals surface area contributed by atoms with Crippen LogP contribution < -0.4 is 19.6 Å². The summed E-state index contributed by atoms with van der Waals surface area (Å²) in [6, 6.07) is 9.63. The predicted octanol–water partition coefficient (Wildman–Crippen LogP) is 2.58. The number of nitrogens with one attached hydrogen (secondary N) is 1. The monoisotopic (exact) mass is 392 g/mol. The van der Waals surface area contributed by atoms with Gasteiger partial charge in [-0.05, 0) is 30.3 Å². The van der Waals surface area contributed by atoms with Gasteiger partial charge in [0.15, 0.2) is 18.1 Å². The molecule has 2 N–H and O–H groups in total. The van der Waals surface area contributed by atoms with Gasteiger partial charge in [-0.2, -0.15) is 5.10 Å². The smallest absolute Gasteiger partial charge is 0.340 e. The Morgan fingerprint density at radius 2 is 2.00 bits per heavy atom. The van der Waals surface area contributed by atoms with Crippen LogP contribution in [0.1, 0.15) is 15.9 Å². The van der Waals surface area contributed by atoms with Crippen molar-refractivity contribution in [1.82, 2.24) is 5.43 Å². The summed E-state index contributed by atoms with van der Waals surface area (Å²) in [5.41, 5.74) is 2.35. The number of hydrogen-bond donors (Lipinski definition) is 2. The normalized spacial score (nSPS) is 10.5. The van der Waals surface area contributed by atoms with E-state index in [1.165, 1.54) is 32.6 Å². The lowest BCUT2D eigenvalue weighted by Crippen LogP contribution is -2.24. The molecule has 0 saturated carbocycles. The highest BCUT2D eigenvalue weighted by molar-refractivity contribution is 6.30. The Morgan fingerprint density at radius 1 is 1.22 bits per heavy atom. The van der Waals surface area contributed by atoms with Crippen molar-refractivity contribution >= 4 is 29.7 Å². The Morgan fingerprint density at radius 3 is 2.63 bits per heavy atom. The number of carbonyl (C=O) groups excluding carboxylic acids is 1. The lowest BCUT2D eigenvalue weighted by molar-refractivity contribution is -0.123. The fourth-order valence-corrected chi connectivity index (χ4v) is 2.36. The fourth-order valence-electron chi connectivity index (χ4n) is 2.18. The van der Waals surface area contributed by atoms with Crippen LogP contribution >= 0.6 is 11.6 Å². The third-order valence-electron chi connectivity index (χ3n) is 3.35. The van der Waals surface area contributed by atoms with Gasteiger partial charge in [0, 0.05) is 10.6 Å². The maximum atomic E-state index is 11.8. The quantitative estimate of drug-likeness (QED) is 0.528. The van der Waals surface area contributed by atoms with Crippen LogP contribution in [0.15, 0.2) is 41.5 Å². The SMILES string of the molecule is COc1ccc(/C=N/NC(=O)COc2cccc(Cl)c2)c(C(=O)O)c1OC. The lowest BCUT2D eigenvalue weighted by atomic mass is 10.1. The molecule has 0 aliphatic rings. The molecular weight excluding hydrogens is 376 g/mol. The number of carbonyl (C=O) groups is 2. The van der Waals surface area contributed by atoms with Gasteiger partial charge < -0.3 is 19.3 Å². The molecule has 1 amide bonds. The molecule has 0 aliphatic carbocycles. The van der Waals surface area contributed by atoms with E-state index in [1.807, 2.05) is 0 Å². The van der Waals surface area contributed by atoms with Gasteiger partial charge in [0.1, 0.15) is 11.3 Å². The molecule has 0 spiro atoms. The van der Waals surface area contributed by atoms with Crippen molar-refractivity contribution < 1.29 is 28.9 Å². The molecule has 0 radical (unpaired) electrons. The number of hydrogen-bond acceptors (Lipinski definition) is 6. The van der Waals surface area contributed by atoms with Gasteiger partial charge in [0.05, 0.1) is 20.4 Å². The summed E-state index contributed by atoms with van der Waals surface area (Å²) in [4.78, 5) is 23.3. The summed E-state index contributed by atoms with van der Waals surface area (Å²) < 4.78 is 15.5. The van der Waals surface area contributed by atoms with Gasteiger partial charge in [0.2, 0.25) is 0 Å². The van der Waals surface area contributed by atoms with Gasteiger partial charge in [-0.25, -0.2) is 10.2 Å². The highest BCUT2D eigenvalue weighted by Crippen LogP contribution is 2.32. The molecule has 0 fully saturated rings. The molecular formula is C18H17ClN2O6. The van der Waals surface area contributed by atoms with Gasteiger partial charge >= 0.3 is 5.97 Å². The molecule has 0 aliphatic heterocycles. The van der Waals surface area contributed by atoms with Gasteiger partial charge in [-0.15, -0.1) is 0 Å². The molecule has 27 heavy (non-hydrogen) atoms. The second kappa shape index (κ2) is 9.44. The highest BCUT2D eigenvalue weighted by Gasteiger charge is 2.20. The van der Waals surface area contributed by atoms with Crippen LogP contribution in [-0.2, 0) is 4.79 Å². The van der Waals surface area contributed by atoms with Crippen molar-refractivity contribution in [3.8, 4) is 17.2 Å². The Kier molecular flexibility index (Phi) is 7.01. The second-order valence-corrected chi connectivity index (χ2v) is 5.55. The van der Waals surface area contributed by atoms with Gasteiger partial charge in [-0.3, -0.25) is 4.79 Å². The standard InChI is InChI=1S/C18H17ClN2O6/c1-25-14-7-6-11(16(18(23)24)17(14)26-2)9-20-21-15(22)10-27-13-5-3-4-12(19)8-13/h3-9H,10H2,1-2H3,(H,21,22)(H,23,24)/b20-9+. The third-order valence-corrected chi connectivity index (χ3v) is 3.59. The van der Waals surface area contributed by atoms with Crippen LogP contribution in [0.2, 0.25) is 5.02 Å². The van der Waals surface area contributed by atoms with E-state index < -0.39 is 11.9 Å². The molecule has 0 atom stereocenters. The molecule has 0 bridgehead atoms. The van der Waals surface area contributed by atoms with Crippen molar-refractivity contribution in [3.05, 3.63) is 52.5 Å². The average molecular weight is 393 g/mol. The third kappa shape index (κ3) is 5.35. The zero-order valence-electron chi connectivity index (χ0n) is 14.6. The summed E-state index contributed by atoms with van der Waals surface area (Å²) in [5.74, 6) is -0.975. The van der Waals surface area contributed by atoms with Crippen molar-refractivity contribution in [2.45, 2.75) is 0 Å². The van der Waals surface area contributed by atoms with Crippen molar-refractivity contribution in [2.75, 3.05) is 20.8 Å². The number of carboxylic acids is 1. The first-order valence-corrected chi connectivity index (χ1v) is 8.02. The number of aromatic carboxylic acids is 1. The first-order valence-electron chi connectivity index (χ1n) is 7.64. The van der Waals surface area contributed by atoms with E-state index in [9.17, 15) is 14.7 Å². The molecule has 8 nitrogen and oxygen atoms in total. The number of methoxy groups -OCH3 is 2. The average Bonchev–Trinajstić information content (AvgIpc) is 2.65. The van der Waals surface area contributed by atoms with E-state index in [0.29, 0.717) is 10.8 Å². The molecule has 0 aromatic heterocycles. The minimum atomic E-state index is -1.22. The number of amides is 1. The number of carboxylic acid groups (broad SMARTS) is 1. The Balaban J connectivity index is 2.05. The van der Waals surface area contributed by atoms with Gasteiger partial charge in [-0.1, -0.05) is 17.7 Å². The number of halogens is 1. The van der Waals surface area contributed by atoms with Crippen LogP contribution in [0.25, 0.3) is 0 Å². The van der Waals surface area contributed by atoms with Crippen LogP contribution in [0, 0.1) is 0 Å². The largest absolute Gasteiger partial charge is 0.493 e. The van der Waals surface area contributed by atoms with Crippen LogP contribution in [-0.4, -0.2) is 44.0 Å². The maximum Gasteiger partial charge on any atom is 0.340 e. The first-order chi connectivity index (χ1) is 13.0. The molecule has 2 rings (SSSR count). The second-order valence-electron chi connectivity index (χ2n) is 5.11. The zero-order valence-corrected chi connectivity index (χ0v) is 15.3. The predicted molar refractivity (Wildman–Crippen MR) is 99.2 cm³/mol. The van der Waals surface area contributed by atoms with E-state index in [1.54, 1.807) is 24.3 Å². The summed E-state index contributed by atoms with van der Waals surface area (Å²) >= 11 is 5.83. The zero-order chi connectivity index (χ0) is 19.8. The van der Waals surface area contributed by atoms with E-state index in [2.05, 4.69) is 10.5 Å². The van der Waals surface area contributed by atoms with E-state index in [-0.39, 0.29) is 29.2 Å². The van der Waals surface area contributed by atoms with Crippen molar-refractivity contribution in [3.63, 3.8) is 0 Å². The van der Waals surface area contributed by atoms with Crippen molar-refractivity contribution in [2.24, 2.45) is 5.10 Å². The van der Waals surface area contributed by atoms with E-state index in [0.717, 1.165) is 0 Å². The van der Waals surface area contributed by atoms with Crippen LogP contribution in [0.5, 0.6) is 17.2 Å². The number of ether oxygens (including phenoxy) is 3. The number of nitrogens with zero attached hydrogens (tertiary/aromatic N) is 1. The molecule has 9 heteroatoms. The Bertz CT molecular complexity index is 869. The summed E-state index contributed by atoms with van der Waals surface area (Å²) in [5, 5.41) is 13.7. The molecule has 0 unspecified atom stereocenters. The minimum absolute atomic E-state index is 0.0598. The molecule has 142 valence electrons.